The number of carbonyl (C=O) groups excluding carboxylic acids is 2. The SMILES string of the molecule is C=CCOc1ccc(/C=N\NC(=O)C(=O)Nc2cccc(Cl)c2)cc1OC. The van der Waals surface area contributed by atoms with Crippen LogP contribution in [-0.4, -0.2) is 31.7 Å². The first-order chi connectivity index (χ1) is 13.0. The van der Waals surface area contributed by atoms with Crippen LogP contribution in [-0.2, 0) is 9.59 Å². The molecule has 2 aromatic rings. The van der Waals surface area contributed by atoms with Crippen molar-refractivity contribution < 1.29 is 19.1 Å². The molecular formula is C19H18ClN3O4. The summed E-state index contributed by atoms with van der Waals surface area (Å²) in [5, 5.41) is 6.63. The van der Waals surface area contributed by atoms with Crippen LogP contribution in [0.5, 0.6) is 11.5 Å². The molecule has 0 aliphatic heterocycles. The molecule has 0 fully saturated rings. The molecule has 8 heteroatoms. The van der Waals surface area contributed by atoms with E-state index in [-0.39, 0.29) is 0 Å². The van der Waals surface area contributed by atoms with Crippen molar-refractivity contribution in [2.75, 3.05) is 19.0 Å². The highest BCUT2D eigenvalue weighted by molar-refractivity contribution is 6.39. The second-order valence-electron chi connectivity index (χ2n) is 5.17. The summed E-state index contributed by atoms with van der Waals surface area (Å²) in [4.78, 5) is 23.6. The average molecular weight is 388 g/mol. The molecule has 0 aromatic heterocycles. The Morgan fingerprint density at radius 1 is 1.19 bits per heavy atom. The number of hydrogen-bond acceptors (Lipinski definition) is 5. The fourth-order valence-corrected chi connectivity index (χ4v) is 2.19. The molecule has 0 saturated heterocycles. The Hall–Kier alpha value is -3.32. The maximum absolute atomic E-state index is 11.8. The highest BCUT2D eigenvalue weighted by Gasteiger charge is 2.13. The third-order valence-corrected chi connectivity index (χ3v) is 3.45. The molecular weight excluding hydrogens is 370 g/mol. The van der Waals surface area contributed by atoms with E-state index >= 15 is 0 Å². The number of ether oxygens (including phenoxy) is 2. The maximum atomic E-state index is 11.8. The molecule has 0 radical (unpaired) electrons. The zero-order valence-corrected chi connectivity index (χ0v) is 15.3. The lowest BCUT2D eigenvalue weighted by atomic mass is 10.2. The summed E-state index contributed by atoms with van der Waals surface area (Å²) in [6, 6.07) is 11.6. The fraction of sp³-hybridized carbons (Fsp3) is 0.105. The summed E-state index contributed by atoms with van der Waals surface area (Å²) >= 11 is 5.82. The van der Waals surface area contributed by atoms with E-state index in [1.165, 1.54) is 19.4 Å². The van der Waals surface area contributed by atoms with Crippen molar-refractivity contribution in [3.05, 3.63) is 65.7 Å². The number of halogens is 1. The molecule has 0 atom stereocenters. The van der Waals surface area contributed by atoms with Crippen molar-refractivity contribution in [3.63, 3.8) is 0 Å². The number of benzene rings is 2. The fourth-order valence-electron chi connectivity index (χ4n) is 2.00. The van der Waals surface area contributed by atoms with Crippen LogP contribution in [0.15, 0.2) is 60.2 Å². The number of rotatable bonds is 7. The number of hydrogen-bond donors (Lipinski definition) is 2. The number of methoxy groups -OCH3 is 1. The first-order valence-electron chi connectivity index (χ1n) is 7.85. The Morgan fingerprint density at radius 2 is 2.00 bits per heavy atom. The first-order valence-corrected chi connectivity index (χ1v) is 8.23. The lowest BCUT2D eigenvalue weighted by molar-refractivity contribution is -0.136. The van der Waals surface area contributed by atoms with Crippen molar-refractivity contribution in [3.8, 4) is 11.5 Å². The zero-order valence-electron chi connectivity index (χ0n) is 14.6. The van der Waals surface area contributed by atoms with Crippen molar-refractivity contribution in [2.45, 2.75) is 0 Å². The quantitative estimate of drug-likeness (QED) is 0.331. The number of nitrogens with one attached hydrogen (secondary N) is 2. The van der Waals surface area contributed by atoms with Crippen LogP contribution >= 0.6 is 11.6 Å². The van der Waals surface area contributed by atoms with Crippen LogP contribution in [0, 0.1) is 0 Å². The van der Waals surface area contributed by atoms with Crippen LogP contribution < -0.4 is 20.2 Å². The van der Waals surface area contributed by atoms with Gasteiger partial charge in [0.1, 0.15) is 6.61 Å². The van der Waals surface area contributed by atoms with Gasteiger partial charge in [-0.15, -0.1) is 0 Å². The monoisotopic (exact) mass is 387 g/mol. The third kappa shape index (κ3) is 6.16. The van der Waals surface area contributed by atoms with Gasteiger partial charge in [0, 0.05) is 10.7 Å². The van der Waals surface area contributed by atoms with Crippen molar-refractivity contribution in [1.29, 1.82) is 0 Å². The molecule has 27 heavy (non-hydrogen) atoms. The molecule has 0 saturated carbocycles. The van der Waals surface area contributed by atoms with E-state index in [1.54, 1.807) is 42.5 Å². The molecule has 2 rings (SSSR count). The van der Waals surface area contributed by atoms with Crippen LogP contribution in [0.4, 0.5) is 5.69 Å². The Bertz CT molecular complexity index is 868. The lowest BCUT2D eigenvalue weighted by Gasteiger charge is -2.09. The lowest BCUT2D eigenvalue weighted by Crippen LogP contribution is -2.32. The van der Waals surface area contributed by atoms with E-state index in [1.807, 2.05) is 0 Å². The van der Waals surface area contributed by atoms with Crippen LogP contribution in [0.2, 0.25) is 5.02 Å². The van der Waals surface area contributed by atoms with Gasteiger partial charge >= 0.3 is 11.8 Å². The standard InChI is InChI=1S/C19H18ClN3O4/c1-3-9-27-16-8-7-13(10-17(16)26-2)12-21-23-19(25)18(24)22-15-6-4-5-14(20)11-15/h3-8,10-12H,1,9H2,2H3,(H,22,24)(H,23,25)/b21-12-. The minimum atomic E-state index is -0.913. The first kappa shape index (κ1) is 20.0. The number of hydrazone groups is 1. The van der Waals surface area contributed by atoms with E-state index in [0.29, 0.717) is 34.4 Å². The molecule has 0 bridgehead atoms. The highest BCUT2D eigenvalue weighted by atomic mass is 35.5. The average Bonchev–Trinajstić information content (AvgIpc) is 2.66. The van der Waals surface area contributed by atoms with Gasteiger partial charge in [-0.2, -0.15) is 5.10 Å². The second kappa shape index (κ2) is 9.98. The van der Waals surface area contributed by atoms with Gasteiger partial charge in [0.25, 0.3) is 0 Å². The zero-order chi connectivity index (χ0) is 19.6. The topological polar surface area (TPSA) is 89.0 Å². The van der Waals surface area contributed by atoms with E-state index in [2.05, 4.69) is 22.4 Å². The smallest absolute Gasteiger partial charge is 0.329 e. The molecule has 0 heterocycles. The summed E-state index contributed by atoms with van der Waals surface area (Å²) in [7, 11) is 1.51. The molecule has 0 unspecified atom stereocenters. The van der Waals surface area contributed by atoms with Crippen molar-refractivity contribution in [2.24, 2.45) is 5.10 Å². The third-order valence-electron chi connectivity index (χ3n) is 3.21. The van der Waals surface area contributed by atoms with Crippen molar-refractivity contribution >= 4 is 35.3 Å². The van der Waals surface area contributed by atoms with Gasteiger partial charge in [0.2, 0.25) is 0 Å². The Kier molecular flexibility index (Phi) is 7.39. The molecule has 0 aliphatic rings. The van der Waals surface area contributed by atoms with Gasteiger partial charge in [-0.05, 0) is 42.0 Å². The maximum Gasteiger partial charge on any atom is 0.329 e. The van der Waals surface area contributed by atoms with E-state index < -0.39 is 11.8 Å². The minimum absolute atomic E-state index is 0.349. The number of anilines is 1. The highest BCUT2D eigenvalue weighted by Crippen LogP contribution is 2.27. The molecule has 0 aliphatic carbocycles. The van der Waals surface area contributed by atoms with Gasteiger partial charge in [-0.1, -0.05) is 30.3 Å². The van der Waals surface area contributed by atoms with Gasteiger partial charge in [0.05, 0.1) is 13.3 Å². The summed E-state index contributed by atoms with van der Waals surface area (Å²) in [6.45, 7) is 3.93. The predicted octanol–water partition coefficient (Wildman–Crippen LogP) is 3.00. The predicted molar refractivity (Wildman–Crippen MR) is 105 cm³/mol. The minimum Gasteiger partial charge on any atom is -0.493 e. The van der Waals surface area contributed by atoms with Crippen LogP contribution in [0.3, 0.4) is 0 Å². The number of nitrogens with zero attached hydrogens (tertiary/aromatic N) is 1. The Labute approximate surface area is 161 Å². The van der Waals surface area contributed by atoms with E-state index in [0.717, 1.165) is 0 Å². The second-order valence-corrected chi connectivity index (χ2v) is 5.61. The number of amides is 2. The van der Waals surface area contributed by atoms with E-state index in [4.69, 9.17) is 21.1 Å². The van der Waals surface area contributed by atoms with E-state index in [9.17, 15) is 9.59 Å². The summed E-state index contributed by atoms with van der Waals surface area (Å²) in [5.41, 5.74) is 3.21. The molecule has 0 spiro atoms. The normalized spacial score (nSPS) is 10.3. The van der Waals surface area contributed by atoms with Crippen LogP contribution in [0.25, 0.3) is 0 Å². The molecule has 7 nitrogen and oxygen atoms in total. The largest absolute Gasteiger partial charge is 0.493 e. The molecule has 2 amide bonds. The Balaban J connectivity index is 1.94. The molecule has 140 valence electrons. The van der Waals surface area contributed by atoms with Crippen molar-refractivity contribution in [1.82, 2.24) is 5.43 Å². The van der Waals surface area contributed by atoms with Crippen LogP contribution in [0.1, 0.15) is 5.56 Å². The number of carbonyl (C=O) groups is 2. The summed E-state index contributed by atoms with van der Waals surface area (Å²) < 4.78 is 10.7. The summed E-state index contributed by atoms with van der Waals surface area (Å²) in [6.07, 6.45) is 3.00. The Morgan fingerprint density at radius 3 is 2.70 bits per heavy atom. The van der Waals surface area contributed by atoms with Gasteiger partial charge in [-0.3, -0.25) is 9.59 Å². The summed E-state index contributed by atoms with van der Waals surface area (Å²) in [5.74, 6) is -0.713. The van der Waals surface area contributed by atoms with Gasteiger partial charge in [-0.25, -0.2) is 5.43 Å². The van der Waals surface area contributed by atoms with Gasteiger partial charge < -0.3 is 14.8 Å². The molecule has 2 N–H and O–H groups in total. The molecule has 2 aromatic carbocycles. The van der Waals surface area contributed by atoms with Gasteiger partial charge in [0.15, 0.2) is 11.5 Å².